The van der Waals surface area contributed by atoms with E-state index in [9.17, 15) is 0 Å². The van der Waals surface area contributed by atoms with Crippen molar-refractivity contribution in [1.29, 1.82) is 0 Å². The van der Waals surface area contributed by atoms with Crippen molar-refractivity contribution in [3.8, 4) is 0 Å². The predicted octanol–water partition coefficient (Wildman–Crippen LogP) is 4.03. The standard InChI is InChI=1S/C15H19BrN2O/c1-3-7-17-14(13-6-8-19-15(13)16)9-12-5-4-11(2)10-18-12/h4-6,8,10,14,17H,3,7,9H2,1-2H3. The zero-order chi connectivity index (χ0) is 13.7. The molecule has 2 aromatic heterocycles. The molecule has 102 valence electrons. The highest BCUT2D eigenvalue weighted by Crippen LogP contribution is 2.26. The van der Waals surface area contributed by atoms with E-state index in [1.165, 1.54) is 5.56 Å². The minimum absolute atomic E-state index is 0.225. The van der Waals surface area contributed by atoms with Crippen LogP contribution in [-0.2, 0) is 6.42 Å². The van der Waals surface area contributed by atoms with Crippen LogP contribution < -0.4 is 5.32 Å². The lowest BCUT2D eigenvalue weighted by Gasteiger charge is -2.17. The van der Waals surface area contributed by atoms with Crippen molar-refractivity contribution in [2.45, 2.75) is 32.7 Å². The normalized spacial score (nSPS) is 12.6. The number of nitrogens with zero attached hydrogens (tertiary/aromatic N) is 1. The third-order valence-electron chi connectivity index (χ3n) is 3.05. The van der Waals surface area contributed by atoms with Gasteiger partial charge in [-0.15, -0.1) is 0 Å². The largest absolute Gasteiger partial charge is 0.457 e. The maximum Gasteiger partial charge on any atom is 0.173 e. The van der Waals surface area contributed by atoms with Gasteiger partial charge in [-0.2, -0.15) is 0 Å². The van der Waals surface area contributed by atoms with E-state index in [-0.39, 0.29) is 6.04 Å². The summed E-state index contributed by atoms with van der Waals surface area (Å²) in [7, 11) is 0. The number of aromatic nitrogens is 1. The van der Waals surface area contributed by atoms with Gasteiger partial charge in [-0.3, -0.25) is 4.98 Å². The van der Waals surface area contributed by atoms with E-state index in [0.29, 0.717) is 0 Å². The smallest absolute Gasteiger partial charge is 0.173 e. The second-order valence-corrected chi connectivity index (χ2v) is 5.41. The van der Waals surface area contributed by atoms with Crippen molar-refractivity contribution in [3.63, 3.8) is 0 Å². The van der Waals surface area contributed by atoms with Crippen molar-refractivity contribution in [1.82, 2.24) is 10.3 Å². The molecule has 1 unspecified atom stereocenters. The molecular weight excluding hydrogens is 304 g/mol. The Balaban J connectivity index is 2.14. The molecule has 2 heterocycles. The van der Waals surface area contributed by atoms with Crippen molar-refractivity contribution in [2.24, 2.45) is 0 Å². The monoisotopic (exact) mass is 322 g/mol. The number of aryl methyl sites for hydroxylation is 1. The van der Waals surface area contributed by atoms with Gasteiger partial charge in [0.25, 0.3) is 0 Å². The quantitative estimate of drug-likeness (QED) is 0.872. The van der Waals surface area contributed by atoms with Gasteiger partial charge in [0.2, 0.25) is 0 Å². The average Bonchev–Trinajstić information content (AvgIpc) is 2.83. The Kier molecular flexibility index (Phi) is 5.16. The molecule has 0 fully saturated rings. The molecule has 4 heteroatoms. The summed E-state index contributed by atoms with van der Waals surface area (Å²) in [5.41, 5.74) is 3.43. The number of pyridine rings is 1. The summed E-state index contributed by atoms with van der Waals surface area (Å²) in [6.45, 7) is 5.20. The Labute approximate surface area is 122 Å². The van der Waals surface area contributed by atoms with Gasteiger partial charge in [-0.05, 0) is 53.5 Å². The van der Waals surface area contributed by atoms with Gasteiger partial charge < -0.3 is 9.73 Å². The molecule has 2 aromatic rings. The zero-order valence-electron chi connectivity index (χ0n) is 11.3. The fourth-order valence-corrected chi connectivity index (χ4v) is 2.51. The van der Waals surface area contributed by atoms with Gasteiger partial charge in [-0.25, -0.2) is 0 Å². The lowest BCUT2D eigenvalue weighted by Crippen LogP contribution is -2.24. The number of nitrogens with one attached hydrogen (secondary N) is 1. The molecule has 1 N–H and O–H groups in total. The van der Waals surface area contributed by atoms with Gasteiger partial charge in [0, 0.05) is 29.9 Å². The van der Waals surface area contributed by atoms with Gasteiger partial charge in [0.1, 0.15) is 0 Å². The van der Waals surface area contributed by atoms with E-state index in [2.05, 4.69) is 52.2 Å². The summed E-state index contributed by atoms with van der Waals surface area (Å²) in [6, 6.07) is 6.42. The van der Waals surface area contributed by atoms with Gasteiger partial charge >= 0.3 is 0 Å². The summed E-state index contributed by atoms with van der Waals surface area (Å²) in [5.74, 6) is 0. The summed E-state index contributed by atoms with van der Waals surface area (Å²) in [6.07, 6.45) is 5.59. The Morgan fingerprint density at radius 2 is 2.21 bits per heavy atom. The molecule has 0 aliphatic heterocycles. The Morgan fingerprint density at radius 3 is 2.79 bits per heavy atom. The van der Waals surface area contributed by atoms with Crippen LogP contribution in [0.15, 0.2) is 39.7 Å². The first-order valence-electron chi connectivity index (χ1n) is 6.58. The molecule has 2 rings (SSSR count). The van der Waals surface area contributed by atoms with Crippen LogP contribution >= 0.6 is 15.9 Å². The minimum Gasteiger partial charge on any atom is -0.457 e. The van der Waals surface area contributed by atoms with Crippen molar-refractivity contribution < 1.29 is 4.42 Å². The van der Waals surface area contributed by atoms with Crippen LogP contribution in [0, 0.1) is 6.92 Å². The number of hydrogen-bond donors (Lipinski definition) is 1. The van der Waals surface area contributed by atoms with E-state index >= 15 is 0 Å². The van der Waals surface area contributed by atoms with Gasteiger partial charge in [-0.1, -0.05) is 13.0 Å². The molecule has 0 aromatic carbocycles. The number of halogens is 1. The molecule has 0 radical (unpaired) electrons. The number of furan rings is 1. The van der Waals surface area contributed by atoms with Crippen molar-refractivity contribution >= 4 is 15.9 Å². The molecule has 1 atom stereocenters. The predicted molar refractivity (Wildman–Crippen MR) is 80.1 cm³/mol. The van der Waals surface area contributed by atoms with Gasteiger partial charge in [0.05, 0.1) is 6.26 Å². The van der Waals surface area contributed by atoms with Crippen molar-refractivity contribution in [2.75, 3.05) is 6.54 Å². The summed E-state index contributed by atoms with van der Waals surface area (Å²) in [5, 5.41) is 3.55. The Morgan fingerprint density at radius 1 is 1.37 bits per heavy atom. The molecule has 3 nitrogen and oxygen atoms in total. The summed E-state index contributed by atoms with van der Waals surface area (Å²) in [4.78, 5) is 4.48. The van der Waals surface area contributed by atoms with E-state index in [0.717, 1.165) is 35.3 Å². The highest BCUT2D eigenvalue weighted by Gasteiger charge is 2.17. The lowest BCUT2D eigenvalue weighted by molar-refractivity contribution is 0.495. The summed E-state index contributed by atoms with van der Waals surface area (Å²) >= 11 is 3.46. The van der Waals surface area contributed by atoms with Crippen molar-refractivity contribution in [3.05, 3.63) is 52.1 Å². The fourth-order valence-electron chi connectivity index (χ4n) is 1.99. The molecule has 0 aliphatic carbocycles. The van der Waals surface area contributed by atoms with Crippen LogP contribution in [0.1, 0.15) is 36.2 Å². The fraction of sp³-hybridized carbons (Fsp3) is 0.400. The minimum atomic E-state index is 0.225. The maximum absolute atomic E-state index is 5.34. The van der Waals surface area contributed by atoms with E-state index in [4.69, 9.17) is 4.42 Å². The highest BCUT2D eigenvalue weighted by atomic mass is 79.9. The molecule has 0 bridgehead atoms. The third-order valence-corrected chi connectivity index (χ3v) is 3.69. The topological polar surface area (TPSA) is 38.1 Å². The first-order chi connectivity index (χ1) is 9.20. The van der Waals surface area contributed by atoms with Crippen LogP contribution in [0.25, 0.3) is 0 Å². The molecular formula is C15H19BrN2O. The molecule has 0 saturated carbocycles. The first kappa shape index (κ1) is 14.3. The Bertz CT molecular complexity index is 507. The van der Waals surface area contributed by atoms with Crippen LogP contribution in [-0.4, -0.2) is 11.5 Å². The molecule has 0 aliphatic rings. The average molecular weight is 323 g/mol. The first-order valence-corrected chi connectivity index (χ1v) is 7.37. The SMILES string of the molecule is CCCNC(Cc1ccc(C)cn1)c1ccoc1Br. The molecule has 0 spiro atoms. The van der Waals surface area contributed by atoms with E-state index < -0.39 is 0 Å². The van der Waals surface area contributed by atoms with Crippen LogP contribution in [0.4, 0.5) is 0 Å². The zero-order valence-corrected chi connectivity index (χ0v) is 12.9. The molecule has 0 saturated heterocycles. The number of rotatable bonds is 6. The maximum atomic E-state index is 5.34. The summed E-state index contributed by atoms with van der Waals surface area (Å²) < 4.78 is 6.14. The van der Waals surface area contributed by atoms with Crippen LogP contribution in [0.3, 0.4) is 0 Å². The van der Waals surface area contributed by atoms with E-state index in [1.54, 1.807) is 6.26 Å². The third kappa shape index (κ3) is 3.91. The van der Waals surface area contributed by atoms with E-state index in [1.807, 2.05) is 12.3 Å². The second-order valence-electron chi connectivity index (χ2n) is 4.69. The van der Waals surface area contributed by atoms with Gasteiger partial charge in [0.15, 0.2) is 4.67 Å². The second kappa shape index (κ2) is 6.87. The molecule has 19 heavy (non-hydrogen) atoms. The van der Waals surface area contributed by atoms with Crippen LogP contribution in [0.5, 0.6) is 0 Å². The lowest BCUT2D eigenvalue weighted by atomic mass is 10.0. The molecule has 0 amide bonds. The van der Waals surface area contributed by atoms with Crippen LogP contribution in [0.2, 0.25) is 0 Å². The Hall–Kier alpha value is -1.13. The highest BCUT2D eigenvalue weighted by molar-refractivity contribution is 9.10. The number of hydrogen-bond acceptors (Lipinski definition) is 3.